The highest BCUT2D eigenvalue weighted by Crippen LogP contribution is 2.33. The Morgan fingerprint density at radius 1 is 1.28 bits per heavy atom. The monoisotopic (exact) mass is 245 g/mol. The van der Waals surface area contributed by atoms with E-state index in [2.05, 4.69) is 20.2 Å². The van der Waals surface area contributed by atoms with Crippen LogP contribution in [0.25, 0.3) is 21.7 Å². The predicted molar refractivity (Wildman–Crippen MR) is 65.9 cm³/mol. The minimum absolute atomic E-state index is 0.352. The molecule has 0 saturated heterocycles. The predicted octanol–water partition coefficient (Wildman–Crippen LogP) is 3.04. The van der Waals surface area contributed by atoms with Crippen LogP contribution in [0.2, 0.25) is 0 Å². The first kappa shape index (κ1) is 11.8. The molecule has 0 bridgehead atoms. The second kappa shape index (κ2) is 5.11. The van der Waals surface area contributed by atoms with E-state index in [9.17, 15) is 0 Å². The van der Waals surface area contributed by atoms with Gasteiger partial charge in [0.2, 0.25) is 0 Å². The van der Waals surface area contributed by atoms with E-state index in [0.29, 0.717) is 23.0 Å². The molecule has 0 amide bonds. The van der Waals surface area contributed by atoms with Gasteiger partial charge >= 0.3 is 0 Å². The van der Waals surface area contributed by atoms with Crippen molar-refractivity contribution >= 4 is 5.82 Å². The lowest BCUT2D eigenvalue weighted by Crippen LogP contribution is -1.90. The second-order valence-electron chi connectivity index (χ2n) is 3.39. The van der Waals surface area contributed by atoms with Gasteiger partial charge in [0.25, 0.3) is 0 Å². The van der Waals surface area contributed by atoms with Crippen LogP contribution < -0.4 is 9.47 Å². The van der Waals surface area contributed by atoms with E-state index in [4.69, 9.17) is 15.0 Å². The molecule has 0 aliphatic heterocycles. The summed E-state index contributed by atoms with van der Waals surface area (Å²) in [6, 6.07) is 7.04. The van der Waals surface area contributed by atoms with Crippen LogP contribution in [0.1, 0.15) is 0 Å². The Labute approximate surface area is 103 Å². The van der Waals surface area contributed by atoms with Gasteiger partial charge in [0.1, 0.15) is 17.3 Å². The fourth-order valence-corrected chi connectivity index (χ4v) is 1.56. The molecule has 0 saturated carbocycles. The van der Waals surface area contributed by atoms with Gasteiger partial charge in [-0.15, -0.1) is 0 Å². The van der Waals surface area contributed by atoms with E-state index < -0.39 is 0 Å². The summed E-state index contributed by atoms with van der Waals surface area (Å²) in [4.78, 5) is 2.69. The van der Waals surface area contributed by atoms with Crippen LogP contribution in [0.5, 0.6) is 11.5 Å². The minimum Gasteiger partial charge on any atom is -0.497 e. The first-order valence-electron chi connectivity index (χ1n) is 5.11. The Morgan fingerprint density at radius 3 is 2.78 bits per heavy atom. The number of H-pyrrole nitrogens is 1. The molecule has 1 heterocycles. The average molecular weight is 245 g/mol. The Morgan fingerprint density at radius 2 is 2.11 bits per heavy atom. The molecule has 0 aliphatic rings. The van der Waals surface area contributed by atoms with Crippen molar-refractivity contribution in [3.63, 3.8) is 0 Å². The molecular formula is C11H11N5O2. The molecule has 0 spiro atoms. The molecule has 2 rings (SSSR count). The Kier molecular flexibility index (Phi) is 3.36. The molecule has 0 unspecified atom stereocenters. The van der Waals surface area contributed by atoms with Crippen LogP contribution in [-0.4, -0.2) is 24.4 Å². The summed E-state index contributed by atoms with van der Waals surface area (Å²) in [7, 11) is 3.15. The van der Waals surface area contributed by atoms with Crippen LogP contribution in [-0.2, 0) is 0 Å². The minimum atomic E-state index is 0.352. The first-order chi connectivity index (χ1) is 8.78. The molecule has 0 aliphatic carbocycles. The van der Waals surface area contributed by atoms with Crippen molar-refractivity contribution in [3.05, 3.63) is 34.7 Å². The van der Waals surface area contributed by atoms with E-state index in [1.54, 1.807) is 32.4 Å². The molecule has 0 atom stereocenters. The van der Waals surface area contributed by atoms with Crippen LogP contribution in [0.3, 0.4) is 0 Å². The topological polar surface area (TPSA) is 95.9 Å². The van der Waals surface area contributed by atoms with Gasteiger partial charge in [-0.25, -0.2) is 0 Å². The summed E-state index contributed by atoms with van der Waals surface area (Å²) in [6.45, 7) is 0. The molecule has 7 heteroatoms. The van der Waals surface area contributed by atoms with Crippen molar-refractivity contribution in [1.82, 2.24) is 10.2 Å². The second-order valence-corrected chi connectivity index (χ2v) is 3.39. The van der Waals surface area contributed by atoms with E-state index in [0.717, 1.165) is 5.56 Å². The number of hydrogen-bond donors (Lipinski definition) is 1. The lowest BCUT2D eigenvalue weighted by atomic mass is 10.1. The largest absolute Gasteiger partial charge is 0.497 e. The molecule has 1 aromatic carbocycles. The van der Waals surface area contributed by atoms with Gasteiger partial charge in [-0.05, 0) is 28.8 Å². The normalized spacial score (nSPS) is 9.67. The zero-order valence-electron chi connectivity index (χ0n) is 9.91. The maximum atomic E-state index is 8.34. The van der Waals surface area contributed by atoms with E-state index >= 15 is 0 Å². The van der Waals surface area contributed by atoms with Crippen molar-refractivity contribution in [1.29, 1.82) is 0 Å². The lowest BCUT2D eigenvalue weighted by Gasteiger charge is -2.08. The molecule has 7 nitrogen and oxygen atoms in total. The number of nitrogens with one attached hydrogen (secondary N) is 1. The van der Waals surface area contributed by atoms with Gasteiger partial charge in [0.15, 0.2) is 0 Å². The van der Waals surface area contributed by atoms with Crippen LogP contribution in [0, 0.1) is 0 Å². The quantitative estimate of drug-likeness (QED) is 0.509. The molecule has 0 fully saturated rings. The van der Waals surface area contributed by atoms with Gasteiger partial charge < -0.3 is 9.47 Å². The number of aromatic amines is 1. The van der Waals surface area contributed by atoms with Crippen LogP contribution >= 0.6 is 0 Å². The SMILES string of the molecule is COc1ccc(-c2cc(N=[N+]=[N-])[nH]n2)c(OC)c1. The summed E-state index contributed by atoms with van der Waals surface area (Å²) in [6.07, 6.45) is 0. The number of methoxy groups -OCH3 is 2. The lowest BCUT2D eigenvalue weighted by molar-refractivity contribution is 0.395. The highest BCUT2D eigenvalue weighted by molar-refractivity contribution is 5.70. The summed E-state index contributed by atoms with van der Waals surface area (Å²) < 4.78 is 10.4. The van der Waals surface area contributed by atoms with Gasteiger partial charge in [0, 0.05) is 16.5 Å². The maximum Gasteiger partial charge on any atom is 0.132 e. The number of benzene rings is 1. The number of rotatable bonds is 4. The number of hydrogen-bond acceptors (Lipinski definition) is 4. The van der Waals surface area contributed by atoms with E-state index in [1.807, 2.05) is 6.07 Å². The van der Waals surface area contributed by atoms with E-state index in [1.165, 1.54) is 0 Å². The third-order valence-corrected chi connectivity index (χ3v) is 2.40. The van der Waals surface area contributed by atoms with E-state index in [-0.39, 0.29) is 0 Å². The Bertz CT molecular complexity index is 601. The van der Waals surface area contributed by atoms with Crippen molar-refractivity contribution in [2.24, 2.45) is 5.11 Å². The van der Waals surface area contributed by atoms with Gasteiger partial charge in [0.05, 0.1) is 19.9 Å². The maximum absolute atomic E-state index is 8.34. The Balaban J connectivity index is 2.45. The number of aromatic nitrogens is 2. The fraction of sp³-hybridized carbons (Fsp3) is 0.182. The van der Waals surface area contributed by atoms with Crippen molar-refractivity contribution < 1.29 is 9.47 Å². The molecule has 1 N–H and O–H groups in total. The number of nitrogens with zero attached hydrogens (tertiary/aromatic N) is 4. The van der Waals surface area contributed by atoms with Crippen LogP contribution in [0.4, 0.5) is 5.82 Å². The zero-order valence-corrected chi connectivity index (χ0v) is 9.91. The summed E-state index contributed by atoms with van der Waals surface area (Å²) in [5.41, 5.74) is 9.76. The summed E-state index contributed by atoms with van der Waals surface area (Å²) in [5.74, 6) is 1.68. The average Bonchev–Trinajstić information content (AvgIpc) is 2.87. The van der Waals surface area contributed by atoms with Crippen molar-refractivity contribution in [3.8, 4) is 22.8 Å². The third kappa shape index (κ3) is 2.21. The molecular weight excluding hydrogens is 234 g/mol. The van der Waals surface area contributed by atoms with Crippen LogP contribution in [0.15, 0.2) is 29.4 Å². The van der Waals surface area contributed by atoms with Crippen molar-refractivity contribution in [2.45, 2.75) is 0 Å². The summed E-state index contributed by atoms with van der Waals surface area (Å²) in [5, 5.41) is 10.1. The molecule has 92 valence electrons. The molecule has 18 heavy (non-hydrogen) atoms. The van der Waals surface area contributed by atoms with Crippen molar-refractivity contribution in [2.75, 3.05) is 14.2 Å². The molecule has 1 aromatic heterocycles. The number of ether oxygens (including phenoxy) is 2. The number of azide groups is 1. The van der Waals surface area contributed by atoms with Gasteiger partial charge in [-0.2, -0.15) is 5.10 Å². The highest BCUT2D eigenvalue weighted by atomic mass is 16.5. The van der Waals surface area contributed by atoms with Gasteiger partial charge in [-0.3, -0.25) is 5.10 Å². The van der Waals surface area contributed by atoms with Gasteiger partial charge in [-0.1, -0.05) is 0 Å². The highest BCUT2D eigenvalue weighted by Gasteiger charge is 2.10. The first-order valence-corrected chi connectivity index (χ1v) is 5.11. The molecule has 2 aromatic rings. The third-order valence-electron chi connectivity index (χ3n) is 2.40. The Hall–Kier alpha value is -2.66. The smallest absolute Gasteiger partial charge is 0.132 e. The zero-order chi connectivity index (χ0) is 13.0. The molecule has 0 radical (unpaired) electrons. The summed E-state index contributed by atoms with van der Waals surface area (Å²) >= 11 is 0. The standard InChI is InChI=1S/C11H11N5O2/c1-17-7-3-4-8(10(5-7)18-2)9-6-11(14-13-9)15-16-12/h3-6H,1-2H3,(H,13,14). The fourth-order valence-electron chi connectivity index (χ4n) is 1.56.